The second kappa shape index (κ2) is 8.90. The Hall–Kier alpha value is -3.94. The van der Waals surface area contributed by atoms with E-state index in [1.165, 1.54) is 4.57 Å². The third-order valence-electron chi connectivity index (χ3n) is 5.69. The molecule has 1 N–H and O–H groups in total. The van der Waals surface area contributed by atoms with E-state index in [0.29, 0.717) is 12.1 Å². The molecule has 4 aromatic rings. The molecule has 0 spiro atoms. The normalized spacial score (nSPS) is 11.2. The predicted octanol–water partition coefficient (Wildman–Crippen LogP) is 2.99. The highest BCUT2D eigenvalue weighted by atomic mass is 16.2. The Morgan fingerprint density at radius 2 is 1.67 bits per heavy atom. The van der Waals surface area contributed by atoms with Gasteiger partial charge in [-0.1, -0.05) is 48.0 Å². The van der Waals surface area contributed by atoms with Crippen LogP contribution in [0.4, 0.5) is 5.69 Å². The van der Waals surface area contributed by atoms with Gasteiger partial charge in [0.25, 0.3) is 5.56 Å². The number of hydrogen-bond donors (Lipinski definition) is 1. The lowest BCUT2D eigenvalue weighted by Crippen LogP contribution is -2.42. The van der Waals surface area contributed by atoms with E-state index in [4.69, 9.17) is 0 Å². The summed E-state index contributed by atoms with van der Waals surface area (Å²) in [5.41, 5.74) is 4.07. The number of aryl methyl sites for hydroxylation is 4. The van der Waals surface area contributed by atoms with Crippen molar-refractivity contribution >= 4 is 22.6 Å². The molecule has 8 nitrogen and oxygen atoms in total. The molecular formula is C25H27N5O3. The van der Waals surface area contributed by atoms with Crippen molar-refractivity contribution in [2.45, 2.75) is 47.3 Å². The van der Waals surface area contributed by atoms with Gasteiger partial charge in [-0.15, -0.1) is 0 Å². The third-order valence-corrected chi connectivity index (χ3v) is 5.69. The van der Waals surface area contributed by atoms with Gasteiger partial charge < -0.3 is 5.32 Å². The summed E-state index contributed by atoms with van der Waals surface area (Å²) in [6, 6.07) is 13.3. The average Bonchev–Trinajstić information content (AvgIpc) is 3.22. The van der Waals surface area contributed by atoms with Crippen LogP contribution in [0, 0.1) is 20.8 Å². The lowest BCUT2D eigenvalue weighted by Gasteiger charge is -2.15. The van der Waals surface area contributed by atoms with Crippen LogP contribution in [0.2, 0.25) is 0 Å². The summed E-state index contributed by atoms with van der Waals surface area (Å²) in [5.74, 6) is -0.345. The Balaban J connectivity index is 1.78. The zero-order valence-corrected chi connectivity index (χ0v) is 19.3. The summed E-state index contributed by atoms with van der Waals surface area (Å²) in [7, 11) is 0. The van der Waals surface area contributed by atoms with E-state index in [1.54, 1.807) is 10.9 Å². The number of nitrogens with zero attached hydrogens (tertiary/aromatic N) is 4. The molecule has 0 aliphatic rings. The molecule has 33 heavy (non-hydrogen) atoms. The van der Waals surface area contributed by atoms with Crippen molar-refractivity contribution in [1.82, 2.24) is 18.9 Å². The number of benzene rings is 2. The van der Waals surface area contributed by atoms with Crippen LogP contribution in [-0.4, -0.2) is 24.8 Å². The highest BCUT2D eigenvalue weighted by Gasteiger charge is 2.19. The first-order chi connectivity index (χ1) is 15.8. The summed E-state index contributed by atoms with van der Waals surface area (Å²) < 4.78 is 4.06. The predicted molar refractivity (Wildman–Crippen MR) is 129 cm³/mol. The second-order valence-corrected chi connectivity index (χ2v) is 8.29. The Kier molecular flexibility index (Phi) is 6.00. The minimum Gasteiger partial charge on any atom is -0.324 e. The molecule has 8 heteroatoms. The molecule has 2 aromatic heterocycles. The van der Waals surface area contributed by atoms with Crippen LogP contribution in [0.5, 0.6) is 0 Å². The van der Waals surface area contributed by atoms with Crippen LogP contribution in [-0.2, 0) is 24.4 Å². The zero-order valence-electron chi connectivity index (χ0n) is 19.3. The van der Waals surface area contributed by atoms with Crippen molar-refractivity contribution in [1.29, 1.82) is 0 Å². The number of amides is 1. The number of carbonyl (C=O) groups is 1. The molecule has 0 unspecified atom stereocenters. The number of fused-ring (bicyclic) bond motifs is 1. The van der Waals surface area contributed by atoms with Gasteiger partial charge in [-0.25, -0.2) is 4.79 Å². The Labute approximate surface area is 191 Å². The van der Waals surface area contributed by atoms with Crippen LogP contribution >= 0.6 is 0 Å². The van der Waals surface area contributed by atoms with E-state index in [-0.39, 0.29) is 24.5 Å². The van der Waals surface area contributed by atoms with Crippen LogP contribution in [0.3, 0.4) is 0 Å². The molecule has 4 rings (SSSR count). The SMILES string of the molecule is CCn1cc2c(n1)c(=O)n(Cc1ccccc1)c(=O)n2CC(=O)Nc1c(C)cc(C)cc1C. The largest absolute Gasteiger partial charge is 0.332 e. The average molecular weight is 446 g/mol. The number of rotatable bonds is 6. The van der Waals surface area contributed by atoms with E-state index < -0.39 is 11.2 Å². The van der Waals surface area contributed by atoms with E-state index in [1.807, 2.05) is 70.2 Å². The smallest absolute Gasteiger partial charge is 0.324 e. The van der Waals surface area contributed by atoms with Crippen LogP contribution in [0.15, 0.2) is 58.3 Å². The molecule has 170 valence electrons. The fraction of sp³-hybridized carbons (Fsp3) is 0.280. The van der Waals surface area contributed by atoms with Crippen molar-refractivity contribution in [2.75, 3.05) is 5.32 Å². The summed E-state index contributed by atoms with van der Waals surface area (Å²) in [6.07, 6.45) is 1.64. The summed E-state index contributed by atoms with van der Waals surface area (Å²) >= 11 is 0. The summed E-state index contributed by atoms with van der Waals surface area (Å²) in [5, 5.41) is 7.29. The maximum atomic E-state index is 13.4. The molecule has 0 saturated carbocycles. The number of carbonyl (C=O) groups excluding carboxylic acids is 1. The monoisotopic (exact) mass is 445 g/mol. The molecule has 0 saturated heterocycles. The molecule has 0 radical (unpaired) electrons. The van der Waals surface area contributed by atoms with Gasteiger partial charge in [-0.2, -0.15) is 5.10 Å². The van der Waals surface area contributed by atoms with Gasteiger partial charge in [0.1, 0.15) is 6.54 Å². The standard InChI is InChI=1S/C25H27N5O3/c1-5-28-14-20-23(27-28)24(32)30(13-19-9-7-6-8-10-19)25(33)29(20)15-21(31)26-22-17(3)11-16(2)12-18(22)4/h6-12,14H,5,13,15H2,1-4H3,(H,26,31). The van der Waals surface area contributed by atoms with Crippen molar-refractivity contribution in [3.8, 4) is 0 Å². The van der Waals surface area contributed by atoms with Crippen molar-refractivity contribution < 1.29 is 4.79 Å². The van der Waals surface area contributed by atoms with Gasteiger partial charge in [0.2, 0.25) is 5.91 Å². The Morgan fingerprint density at radius 1 is 1.00 bits per heavy atom. The van der Waals surface area contributed by atoms with E-state index in [9.17, 15) is 14.4 Å². The first kappa shape index (κ1) is 22.3. The fourth-order valence-electron chi connectivity index (χ4n) is 4.14. The third kappa shape index (κ3) is 4.37. The van der Waals surface area contributed by atoms with Crippen molar-refractivity contribution in [3.05, 3.63) is 91.8 Å². The molecule has 2 heterocycles. The highest BCUT2D eigenvalue weighted by Crippen LogP contribution is 2.22. The maximum Gasteiger partial charge on any atom is 0.332 e. The van der Waals surface area contributed by atoms with Crippen LogP contribution < -0.4 is 16.6 Å². The first-order valence-corrected chi connectivity index (χ1v) is 10.9. The lowest BCUT2D eigenvalue weighted by atomic mass is 10.1. The van der Waals surface area contributed by atoms with Crippen molar-refractivity contribution in [3.63, 3.8) is 0 Å². The van der Waals surface area contributed by atoms with Gasteiger partial charge in [-0.05, 0) is 44.4 Å². The topological polar surface area (TPSA) is 90.9 Å². The van der Waals surface area contributed by atoms with Gasteiger partial charge >= 0.3 is 5.69 Å². The summed E-state index contributed by atoms with van der Waals surface area (Å²) in [4.78, 5) is 39.5. The fourth-order valence-corrected chi connectivity index (χ4v) is 4.14. The maximum absolute atomic E-state index is 13.4. The summed E-state index contributed by atoms with van der Waals surface area (Å²) in [6.45, 7) is 8.18. The van der Waals surface area contributed by atoms with Crippen LogP contribution in [0.1, 0.15) is 29.2 Å². The Morgan fingerprint density at radius 3 is 2.30 bits per heavy atom. The number of anilines is 1. The highest BCUT2D eigenvalue weighted by molar-refractivity contribution is 5.93. The van der Waals surface area contributed by atoms with Gasteiger partial charge in [0.05, 0.1) is 12.1 Å². The molecule has 2 aromatic carbocycles. The van der Waals surface area contributed by atoms with Gasteiger partial charge in [0, 0.05) is 18.4 Å². The van der Waals surface area contributed by atoms with Crippen LogP contribution in [0.25, 0.3) is 11.0 Å². The molecule has 0 bridgehead atoms. The first-order valence-electron chi connectivity index (χ1n) is 10.9. The molecular weight excluding hydrogens is 418 g/mol. The second-order valence-electron chi connectivity index (χ2n) is 8.29. The Bertz CT molecular complexity index is 1440. The molecule has 0 aliphatic carbocycles. The number of hydrogen-bond acceptors (Lipinski definition) is 4. The molecule has 1 amide bonds. The minimum atomic E-state index is -0.542. The van der Waals surface area contributed by atoms with Gasteiger partial charge in [0.15, 0.2) is 5.52 Å². The molecule has 0 atom stereocenters. The van der Waals surface area contributed by atoms with E-state index in [2.05, 4.69) is 10.4 Å². The zero-order chi connectivity index (χ0) is 23.7. The minimum absolute atomic E-state index is 0.102. The van der Waals surface area contributed by atoms with E-state index >= 15 is 0 Å². The molecule has 0 fully saturated rings. The lowest BCUT2D eigenvalue weighted by molar-refractivity contribution is -0.116. The number of nitrogens with one attached hydrogen (secondary N) is 1. The van der Waals surface area contributed by atoms with Gasteiger partial charge in [-0.3, -0.25) is 23.4 Å². The quantitative estimate of drug-likeness (QED) is 0.494. The number of aromatic nitrogens is 4. The van der Waals surface area contributed by atoms with Crippen molar-refractivity contribution in [2.24, 2.45) is 0 Å². The molecule has 0 aliphatic heterocycles. The van der Waals surface area contributed by atoms with E-state index in [0.717, 1.165) is 32.5 Å².